The molecule has 0 radical (unpaired) electrons. The monoisotopic (exact) mass is 434 g/mol. The van der Waals surface area contributed by atoms with Crippen LogP contribution in [0.3, 0.4) is 0 Å². The molecule has 1 aromatic carbocycles. The molecule has 3 aromatic heterocycles. The minimum absolute atomic E-state index is 0.354. The molecule has 31 heavy (non-hydrogen) atoms. The number of aryl methyl sites for hydroxylation is 2. The first-order valence-electron chi connectivity index (χ1n) is 10.4. The van der Waals surface area contributed by atoms with Crippen LogP contribution >= 0.6 is 11.6 Å². The number of benzene rings is 1. The highest BCUT2D eigenvalue weighted by molar-refractivity contribution is 6.33. The van der Waals surface area contributed by atoms with E-state index in [-0.39, 0.29) is 0 Å². The van der Waals surface area contributed by atoms with Gasteiger partial charge in [-0.1, -0.05) is 28.9 Å². The molecule has 5 rings (SSSR count). The summed E-state index contributed by atoms with van der Waals surface area (Å²) >= 11 is 6.30. The second-order valence-electron chi connectivity index (χ2n) is 8.30. The lowest BCUT2D eigenvalue weighted by atomic mass is 10.1. The smallest absolute Gasteiger partial charge is 0.278 e. The van der Waals surface area contributed by atoms with Crippen molar-refractivity contribution in [1.29, 1.82) is 0 Å². The van der Waals surface area contributed by atoms with E-state index in [0.717, 1.165) is 48.3 Å². The molecule has 7 heteroatoms. The topological polar surface area (TPSA) is 65.5 Å². The summed E-state index contributed by atoms with van der Waals surface area (Å²) in [6, 6.07) is 7.82. The maximum atomic E-state index is 6.30. The number of fused-ring (bicyclic) bond motifs is 1. The molecule has 0 spiro atoms. The number of halogens is 1. The number of allylic oxidation sites excluding steroid dienone is 1. The average molecular weight is 435 g/mol. The fourth-order valence-electron chi connectivity index (χ4n) is 4.06. The van der Waals surface area contributed by atoms with Crippen LogP contribution in [0.15, 0.2) is 53.3 Å². The number of imidazole rings is 1. The van der Waals surface area contributed by atoms with E-state index >= 15 is 0 Å². The molecule has 3 heterocycles. The first kappa shape index (κ1) is 19.8. The number of rotatable bonds is 5. The molecule has 1 atom stereocenters. The van der Waals surface area contributed by atoms with Gasteiger partial charge in [0.25, 0.3) is 5.89 Å². The normalized spacial score (nSPS) is 16.4. The Hall–Kier alpha value is -3.12. The minimum atomic E-state index is 0.354. The van der Waals surface area contributed by atoms with Crippen LogP contribution in [0.1, 0.15) is 30.4 Å². The summed E-state index contributed by atoms with van der Waals surface area (Å²) in [5.41, 5.74) is 5.52. The van der Waals surface area contributed by atoms with E-state index in [9.17, 15) is 0 Å². The van der Waals surface area contributed by atoms with Crippen LogP contribution < -0.4 is 4.74 Å². The highest BCUT2D eigenvalue weighted by Gasteiger charge is 2.19. The van der Waals surface area contributed by atoms with E-state index in [1.807, 2.05) is 54.9 Å². The summed E-state index contributed by atoms with van der Waals surface area (Å²) in [5.74, 6) is 2.31. The summed E-state index contributed by atoms with van der Waals surface area (Å²) in [7, 11) is 0. The maximum Gasteiger partial charge on any atom is 0.278 e. The zero-order valence-electron chi connectivity index (χ0n) is 17.6. The number of nitrogens with zero attached hydrogens (tertiary/aromatic N) is 4. The van der Waals surface area contributed by atoms with Crippen molar-refractivity contribution < 1.29 is 9.26 Å². The third-order valence-electron chi connectivity index (χ3n) is 5.68. The van der Waals surface area contributed by atoms with Crippen molar-refractivity contribution in [3.63, 3.8) is 0 Å². The quantitative estimate of drug-likeness (QED) is 0.357. The average Bonchev–Trinajstić information content (AvgIpc) is 3.46. The Morgan fingerprint density at radius 2 is 2.10 bits per heavy atom. The summed E-state index contributed by atoms with van der Waals surface area (Å²) in [4.78, 5) is 9.08. The maximum absolute atomic E-state index is 6.30. The zero-order chi connectivity index (χ0) is 21.5. The van der Waals surface area contributed by atoms with Gasteiger partial charge in [0.15, 0.2) is 5.65 Å². The Morgan fingerprint density at radius 1 is 1.23 bits per heavy atom. The van der Waals surface area contributed by atoms with Gasteiger partial charge in [0, 0.05) is 18.0 Å². The highest BCUT2D eigenvalue weighted by Crippen LogP contribution is 2.31. The Bertz CT molecular complexity index is 1290. The summed E-state index contributed by atoms with van der Waals surface area (Å²) in [6.45, 7) is 8.81. The summed E-state index contributed by atoms with van der Waals surface area (Å²) < 4.78 is 13.4. The van der Waals surface area contributed by atoms with E-state index in [1.165, 1.54) is 5.57 Å². The fourth-order valence-corrected chi connectivity index (χ4v) is 4.37. The van der Waals surface area contributed by atoms with Crippen LogP contribution in [0.25, 0.3) is 28.6 Å². The number of aromatic nitrogens is 4. The van der Waals surface area contributed by atoms with Gasteiger partial charge in [0.2, 0.25) is 5.82 Å². The molecule has 1 fully saturated rings. The molecular weight excluding hydrogens is 412 g/mol. The molecule has 0 N–H and O–H groups in total. The standard InChI is InChI=1S/C24H23ClN4O2/c1-14-4-5-17(8-14)13-30-21-7-6-18(10-16(21)3)22-27-24(31-28-22)20-12-29-11-15(2)9-19(25)23(29)26-20/h6-7,9-12,17H,1,4-5,8,13H2,2-3H3/t17-/m1/s1. The molecule has 0 bridgehead atoms. The molecule has 0 unspecified atom stereocenters. The van der Waals surface area contributed by atoms with Gasteiger partial charge in [-0.3, -0.25) is 0 Å². The largest absolute Gasteiger partial charge is 0.493 e. The Morgan fingerprint density at radius 3 is 2.87 bits per heavy atom. The Balaban J connectivity index is 1.35. The van der Waals surface area contributed by atoms with Crippen molar-refractivity contribution in [2.24, 2.45) is 5.92 Å². The van der Waals surface area contributed by atoms with Gasteiger partial charge in [-0.2, -0.15) is 4.98 Å². The molecule has 4 aromatic rings. The lowest BCUT2D eigenvalue weighted by molar-refractivity contribution is 0.252. The first-order valence-corrected chi connectivity index (χ1v) is 10.7. The molecule has 1 aliphatic carbocycles. The minimum Gasteiger partial charge on any atom is -0.493 e. The molecule has 0 saturated heterocycles. The van der Waals surface area contributed by atoms with Crippen LogP contribution in [0.4, 0.5) is 0 Å². The predicted molar refractivity (Wildman–Crippen MR) is 120 cm³/mol. The van der Waals surface area contributed by atoms with Crippen LogP contribution in [-0.2, 0) is 0 Å². The van der Waals surface area contributed by atoms with E-state index < -0.39 is 0 Å². The van der Waals surface area contributed by atoms with Crippen molar-refractivity contribution in [3.05, 3.63) is 65.0 Å². The third-order valence-corrected chi connectivity index (χ3v) is 5.96. The number of hydrogen-bond acceptors (Lipinski definition) is 5. The van der Waals surface area contributed by atoms with Gasteiger partial charge in [0.1, 0.15) is 11.4 Å². The summed E-state index contributed by atoms with van der Waals surface area (Å²) in [5, 5.41) is 4.72. The van der Waals surface area contributed by atoms with Crippen molar-refractivity contribution in [2.45, 2.75) is 33.1 Å². The number of hydrogen-bond donors (Lipinski definition) is 0. The van der Waals surface area contributed by atoms with Crippen molar-refractivity contribution in [2.75, 3.05) is 6.61 Å². The van der Waals surface area contributed by atoms with Crippen molar-refractivity contribution >= 4 is 17.2 Å². The second kappa shape index (κ2) is 7.85. The van der Waals surface area contributed by atoms with Crippen LogP contribution in [-0.4, -0.2) is 26.1 Å². The van der Waals surface area contributed by atoms with Crippen LogP contribution in [0, 0.1) is 19.8 Å². The highest BCUT2D eigenvalue weighted by atomic mass is 35.5. The Labute approximate surface area is 185 Å². The van der Waals surface area contributed by atoms with E-state index in [4.69, 9.17) is 20.9 Å². The molecule has 158 valence electrons. The van der Waals surface area contributed by atoms with E-state index in [1.54, 1.807) is 0 Å². The molecular formula is C24H23ClN4O2. The van der Waals surface area contributed by atoms with Gasteiger partial charge >= 0.3 is 0 Å². The second-order valence-corrected chi connectivity index (χ2v) is 8.70. The van der Waals surface area contributed by atoms with Gasteiger partial charge in [-0.15, -0.1) is 0 Å². The van der Waals surface area contributed by atoms with Gasteiger partial charge in [-0.25, -0.2) is 4.98 Å². The van der Waals surface area contributed by atoms with Crippen LogP contribution in [0.2, 0.25) is 5.02 Å². The van der Waals surface area contributed by atoms with E-state index in [0.29, 0.717) is 34.0 Å². The van der Waals surface area contributed by atoms with Gasteiger partial charge in [0.05, 0.1) is 11.6 Å². The molecule has 1 aliphatic rings. The summed E-state index contributed by atoms with van der Waals surface area (Å²) in [6.07, 6.45) is 7.14. The predicted octanol–water partition coefficient (Wildman–Crippen LogP) is 6.06. The third kappa shape index (κ3) is 3.95. The van der Waals surface area contributed by atoms with Gasteiger partial charge in [-0.05, 0) is 74.4 Å². The Kier molecular flexibility index (Phi) is 5.02. The lowest BCUT2D eigenvalue weighted by Crippen LogP contribution is -2.08. The SMILES string of the molecule is C=C1CC[C@@H](COc2ccc(-c3noc(-c4cn5cc(C)cc(Cl)c5n4)n3)cc2C)C1. The van der Waals surface area contributed by atoms with Crippen molar-refractivity contribution in [3.8, 4) is 28.7 Å². The number of ether oxygens (including phenoxy) is 1. The van der Waals surface area contributed by atoms with Gasteiger partial charge < -0.3 is 13.7 Å². The van der Waals surface area contributed by atoms with Crippen LogP contribution in [0.5, 0.6) is 5.75 Å². The molecule has 1 saturated carbocycles. The molecule has 0 aliphatic heterocycles. The lowest BCUT2D eigenvalue weighted by Gasteiger charge is -2.13. The molecule has 0 amide bonds. The zero-order valence-corrected chi connectivity index (χ0v) is 18.3. The first-order chi connectivity index (χ1) is 15.0. The van der Waals surface area contributed by atoms with Crippen molar-refractivity contribution in [1.82, 2.24) is 19.5 Å². The number of pyridine rings is 1. The fraction of sp³-hybridized carbons (Fsp3) is 0.292. The molecule has 6 nitrogen and oxygen atoms in total. The van der Waals surface area contributed by atoms with E-state index in [2.05, 4.69) is 21.7 Å².